The number of rotatable bonds is 14. The fraction of sp³-hybridized carbons (Fsp3) is 0.500. The maximum absolute atomic E-state index is 6.43. The van der Waals surface area contributed by atoms with Gasteiger partial charge in [0.25, 0.3) is 0 Å². The molecule has 0 aliphatic carbocycles. The Kier molecular flexibility index (Phi) is 12.8. The molecule has 0 aliphatic heterocycles. The number of hydrogen-bond donors (Lipinski definition) is 0. The summed E-state index contributed by atoms with van der Waals surface area (Å²) in [6, 6.07) is 15.3. The summed E-state index contributed by atoms with van der Waals surface area (Å²) < 4.78 is 6.43. The van der Waals surface area contributed by atoms with E-state index in [0.29, 0.717) is 0 Å². The van der Waals surface area contributed by atoms with Gasteiger partial charge < -0.3 is 4.43 Å². The van der Waals surface area contributed by atoms with Crippen LogP contribution in [-0.2, 0) is 10.8 Å². The van der Waals surface area contributed by atoms with E-state index in [1.165, 1.54) is 33.1 Å². The number of fused-ring (bicyclic) bond motifs is 1. The van der Waals surface area contributed by atoms with Gasteiger partial charge in [0.2, 0.25) is 0 Å². The molecule has 0 radical (unpaired) electrons. The van der Waals surface area contributed by atoms with Gasteiger partial charge in [-0.3, -0.25) is 0 Å². The van der Waals surface area contributed by atoms with E-state index in [0.717, 1.165) is 51.4 Å². The average Bonchev–Trinajstić information content (AvgIpc) is 2.86. The molecule has 2 aromatic carbocycles. The first-order valence-corrected chi connectivity index (χ1v) is 17.4. The van der Waals surface area contributed by atoms with Crippen molar-refractivity contribution in [2.45, 2.75) is 117 Å². The fourth-order valence-corrected chi connectivity index (χ4v) is 5.70. The molecule has 1 atom stereocenters. The first-order chi connectivity index (χ1) is 17.9. The smallest absolute Gasteiger partial charge is 0.193 e. The lowest BCUT2D eigenvalue weighted by Crippen LogP contribution is -2.43. The third-order valence-corrected chi connectivity index (χ3v) is 12.6. The molecule has 0 aliphatic rings. The van der Waals surface area contributed by atoms with Crippen LogP contribution in [0.15, 0.2) is 77.4 Å². The zero-order valence-electron chi connectivity index (χ0n) is 25.5. The highest BCUT2D eigenvalue weighted by Gasteiger charge is 2.38. The van der Waals surface area contributed by atoms with Crippen molar-refractivity contribution in [1.29, 1.82) is 0 Å². The summed E-state index contributed by atoms with van der Waals surface area (Å²) in [4.78, 5) is 0. The molecule has 0 unspecified atom stereocenters. The summed E-state index contributed by atoms with van der Waals surface area (Å²) in [6.45, 7) is 18.1. The van der Waals surface area contributed by atoms with E-state index < -0.39 is 8.32 Å². The molecular weight excluding hydrogens is 476 g/mol. The van der Waals surface area contributed by atoms with Crippen molar-refractivity contribution in [1.82, 2.24) is 0 Å². The molecule has 0 aromatic heterocycles. The van der Waals surface area contributed by atoms with Crippen LogP contribution in [-0.4, -0.2) is 14.4 Å². The largest absolute Gasteiger partial charge is 0.403 e. The van der Waals surface area contributed by atoms with Gasteiger partial charge in [-0.25, -0.2) is 0 Å². The summed E-state index contributed by atoms with van der Waals surface area (Å²) >= 11 is 0. The first kappa shape index (κ1) is 31.9. The van der Waals surface area contributed by atoms with Crippen LogP contribution in [0.4, 0.5) is 0 Å². The molecule has 38 heavy (non-hydrogen) atoms. The van der Waals surface area contributed by atoms with E-state index in [9.17, 15) is 0 Å². The molecule has 0 bridgehead atoms. The molecule has 0 heterocycles. The van der Waals surface area contributed by atoms with Gasteiger partial charge in [0.1, 0.15) is 6.10 Å². The predicted octanol–water partition coefficient (Wildman–Crippen LogP) is 11.0. The third kappa shape index (κ3) is 10.8. The van der Waals surface area contributed by atoms with Gasteiger partial charge in [-0.1, -0.05) is 104 Å². The summed E-state index contributed by atoms with van der Waals surface area (Å²) in [7, 11) is -1.83. The minimum absolute atomic E-state index is 0.0794. The van der Waals surface area contributed by atoms with Gasteiger partial charge in [-0.15, -0.1) is 6.42 Å². The Morgan fingerprint density at radius 3 is 2.00 bits per heavy atom. The van der Waals surface area contributed by atoms with Crippen molar-refractivity contribution in [2.75, 3.05) is 0 Å². The normalized spacial score (nSPS) is 14.6. The van der Waals surface area contributed by atoms with E-state index in [1.54, 1.807) is 0 Å². The molecule has 206 valence electrons. The van der Waals surface area contributed by atoms with E-state index in [4.69, 9.17) is 10.8 Å². The summed E-state index contributed by atoms with van der Waals surface area (Å²) in [5.74, 6) is 2.89. The van der Waals surface area contributed by atoms with Crippen molar-refractivity contribution < 1.29 is 4.43 Å². The maximum Gasteiger partial charge on any atom is 0.193 e. The van der Waals surface area contributed by atoms with Gasteiger partial charge in [0, 0.05) is 0 Å². The second-order valence-corrected chi connectivity index (χ2v) is 17.2. The number of benzene rings is 2. The second-order valence-electron chi connectivity index (χ2n) is 12.5. The van der Waals surface area contributed by atoms with Gasteiger partial charge in [0.05, 0.1) is 0 Å². The van der Waals surface area contributed by atoms with Crippen molar-refractivity contribution in [2.24, 2.45) is 0 Å². The van der Waals surface area contributed by atoms with Crippen LogP contribution < -0.4 is 0 Å². The number of terminal acetylenes is 1. The number of hydrogen-bond acceptors (Lipinski definition) is 1. The molecule has 0 amide bonds. The van der Waals surface area contributed by atoms with Crippen molar-refractivity contribution in [3.8, 4) is 12.3 Å². The van der Waals surface area contributed by atoms with E-state index >= 15 is 0 Å². The zero-order valence-corrected chi connectivity index (χ0v) is 26.5. The summed E-state index contributed by atoms with van der Waals surface area (Å²) in [5.41, 5.74) is 5.85. The van der Waals surface area contributed by atoms with Crippen LogP contribution in [0.3, 0.4) is 0 Å². The van der Waals surface area contributed by atoms with Crippen LogP contribution in [0, 0.1) is 12.3 Å². The van der Waals surface area contributed by atoms with Crippen molar-refractivity contribution in [3.63, 3.8) is 0 Å². The Hall–Kier alpha value is -2.34. The lowest BCUT2D eigenvalue weighted by molar-refractivity contribution is 0.224. The standard InChI is InChI=1S/C36H52OSi/c1-10-34(37-38(8,9)36(5,6)7)28-27-31(4)20-14-19-29(2)17-13-18-30(3)21-15-23-33-25-16-24-32-22-11-12-26-35(32)33/h1,11-12,16-17,20-22,24-26,34H,13-15,18-19,23,27-28H2,2-9H3/b29-17+,30-21+,31-20+/t34-/m0/s1. The Balaban J connectivity index is 1.70. The lowest BCUT2D eigenvalue weighted by Gasteiger charge is -2.38. The zero-order chi connectivity index (χ0) is 28.2. The molecule has 0 saturated heterocycles. The van der Waals surface area contributed by atoms with Crippen LogP contribution in [0.2, 0.25) is 18.1 Å². The van der Waals surface area contributed by atoms with Crippen LogP contribution in [0.1, 0.15) is 92.1 Å². The van der Waals surface area contributed by atoms with E-state index in [2.05, 4.69) is 121 Å². The molecule has 0 N–H and O–H groups in total. The summed E-state index contributed by atoms with van der Waals surface area (Å²) in [6.07, 6.45) is 21.6. The quantitative estimate of drug-likeness (QED) is 0.135. The molecule has 1 nitrogen and oxygen atoms in total. The molecule has 2 aromatic rings. The minimum Gasteiger partial charge on any atom is -0.403 e. The highest BCUT2D eigenvalue weighted by Crippen LogP contribution is 2.37. The molecule has 2 heteroatoms. The van der Waals surface area contributed by atoms with Gasteiger partial charge in [-0.05, 0) is 107 Å². The topological polar surface area (TPSA) is 9.23 Å². The fourth-order valence-electron chi connectivity index (χ4n) is 4.45. The summed E-state index contributed by atoms with van der Waals surface area (Å²) in [5, 5.41) is 2.91. The molecule has 0 saturated carbocycles. The third-order valence-electron chi connectivity index (χ3n) is 8.08. The van der Waals surface area contributed by atoms with E-state index in [-0.39, 0.29) is 11.1 Å². The Morgan fingerprint density at radius 1 is 0.842 bits per heavy atom. The Morgan fingerprint density at radius 2 is 1.39 bits per heavy atom. The monoisotopic (exact) mass is 528 g/mol. The SMILES string of the molecule is C#C[C@@H](CC/C(C)=C/CC/C(C)=C/CC/C(C)=C/CCc1cccc2ccccc12)O[Si](C)(C)C(C)(C)C. The highest BCUT2D eigenvalue weighted by atomic mass is 28.4. The number of allylic oxidation sites excluding steroid dienone is 6. The van der Waals surface area contributed by atoms with Crippen LogP contribution in [0.5, 0.6) is 0 Å². The Labute approximate surface area is 235 Å². The first-order valence-electron chi connectivity index (χ1n) is 14.5. The Bertz CT molecular complexity index is 1140. The molecule has 2 rings (SSSR count). The molecule has 0 spiro atoms. The van der Waals surface area contributed by atoms with E-state index in [1.807, 2.05) is 0 Å². The van der Waals surface area contributed by atoms with Crippen LogP contribution >= 0.6 is 0 Å². The lowest BCUT2D eigenvalue weighted by atomic mass is 10.00. The highest BCUT2D eigenvalue weighted by molar-refractivity contribution is 6.74. The van der Waals surface area contributed by atoms with Crippen molar-refractivity contribution >= 4 is 19.1 Å². The van der Waals surface area contributed by atoms with Gasteiger partial charge >= 0.3 is 0 Å². The van der Waals surface area contributed by atoms with Crippen molar-refractivity contribution in [3.05, 3.63) is 83.0 Å². The molecule has 0 fully saturated rings. The predicted molar refractivity (Wildman–Crippen MR) is 172 cm³/mol. The van der Waals surface area contributed by atoms with Gasteiger partial charge in [-0.2, -0.15) is 0 Å². The maximum atomic E-state index is 6.43. The van der Waals surface area contributed by atoms with Crippen LogP contribution in [0.25, 0.3) is 10.8 Å². The molecular formula is C36H52OSi. The average molecular weight is 529 g/mol. The second kappa shape index (κ2) is 15.3. The number of aryl methyl sites for hydroxylation is 1. The minimum atomic E-state index is -1.83. The van der Waals surface area contributed by atoms with Gasteiger partial charge in [0.15, 0.2) is 8.32 Å².